The van der Waals surface area contributed by atoms with Gasteiger partial charge in [-0.05, 0) is 12.1 Å². The number of anilines is 1. The molecule has 4 atom stereocenters. The number of amides is 1. The third-order valence-corrected chi connectivity index (χ3v) is 3.57. The maximum Gasteiger partial charge on any atom is 0.253 e. The molecule has 0 spiro atoms. The minimum Gasteiger partial charge on any atom is -0.394 e. The lowest BCUT2D eigenvalue weighted by atomic mass is 9.98. The topological polar surface area (TPSA) is 111 Å². The summed E-state index contributed by atoms with van der Waals surface area (Å²) in [7, 11) is 1.71. The molecule has 0 radical (unpaired) electrons. The van der Waals surface area contributed by atoms with Crippen molar-refractivity contribution in [2.45, 2.75) is 24.4 Å². The summed E-state index contributed by atoms with van der Waals surface area (Å²) in [6, 6.07) is 6.22. The Hall–Kier alpha value is -1.67. The number of ether oxygens (including phenoxy) is 1. The molecule has 1 aliphatic rings. The summed E-state index contributed by atoms with van der Waals surface area (Å²) >= 11 is 0. The first-order chi connectivity index (χ1) is 10.1. The maximum atomic E-state index is 12.2. The molecule has 0 saturated carbocycles. The molecule has 5 N–H and O–H groups in total. The van der Waals surface area contributed by atoms with Crippen molar-refractivity contribution in [1.82, 2.24) is 5.32 Å². The SMILES string of the molecule is CNc1ccccc1C(=O)N[C@H]1CO[C@H](CO)[C@@H](O)[C@@H]1O. The van der Waals surface area contributed by atoms with Crippen LogP contribution in [0.4, 0.5) is 5.69 Å². The van der Waals surface area contributed by atoms with E-state index in [1.165, 1.54) is 0 Å². The monoisotopic (exact) mass is 296 g/mol. The van der Waals surface area contributed by atoms with Crippen molar-refractivity contribution in [2.75, 3.05) is 25.6 Å². The Morgan fingerprint density at radius 3 is 2.71 bits per heavy atom. The van der Waals surface area contributed by atoms with E-state index >= 15 is 0 Å². The van der Waals surface area contributed by atoms with E-state index in [1.54, 1.807) is 31.3 Å². The van der Waals surface area contributed by atoms with Gasteiger partial charge in [-0.2, -0.15) is 0 Å². The summed E-state index contributed by atoms with van der Waals surface area (Å²) in [6.45, 7) is -0.363. The number of hydrogen-bond donors (Lipinski definition) is 5. The van der Waals surface area contributed by atoms with Gasteiger partial charge in [-0.3, -0.25) is 4.79 Å². The highest BCUT2D eigenvalue weighted by atomic mass is 16.5. The number of carbonyl (C=O) groups is 1. The molecule has 7 heteroatoms. The molecule has 1 saturated heterocycles. The Kier molecular flexibility index (Phi) is 5.13. The van der Waals surface area contributed by atoms with Crippen LogP contribution in [0.25, 0.3) is 0 Å². The standard InChI is InChI=1S/C14H20N2O5/c1-15-9-5-3-2-4-8(9)14(20)16-10-7-21-11(6-17)13(19)12(10)18/h2-5,10-13,15,17-19H,6-7H2,1H3,(H,16,20)/t10-,11+,12+,13+/m0/s1. The molecule has 7 nitrogen and oxygen atoms in total. The number of rotatable bonds is 4. The molecule has 0 bridgehead atoms. The van der Waals surface area contributed by atoms with Crippen molar-refractivity contribution in [1.29, 1.82) is 0 Å². The summed E-state index contributed by atoms with van der Waals surface area (Å²) in [6.07, 6.45) is -3.27. The summed E-state index contributed by atoms with van der Waals surface area (Å²) < 4.78 is 5.23. The average Bonchev–Trinajstić information content (AvgIpc) is 2.52. The van der Waals surface area contributed by atoms with Crippen LogP contribution < -0.4 is 10.6 Å². The van der Waals surface area contributed by atoms with Gasteiger partial charge in [0.2, 0.25) is 0 Å². The van der Waals surface area contributed by atoms with Crippen molar-refractivity contribution in [2.24, 2.45) is 0 Å². The molecule has 1 aromatic rings. The van der Waals surface area contributed by atoms with Crippen LogP contribution in [0, 0.1) is 0 Å². The van der Waals surface area contributed by atoms with Gasteiger partial charge in [0.15, 0.2) is 0 Å². The zero-order chi connectivity index (χ0) is 15.4. The Bertz CT molecular complexity index is 496. The molecule has 1 aliphatic heterocycles. The molecular weight excluding hydrogens is 276 g/mol. The molecule has 116 valence electrons. The fourth-order valence-corrected chi connectivity index (χ4v) is 2.32. The summed E-state index contributed by atoms with van der Waals surface area (Å²) in [5, 5.41) is 34.3. The minimum atomic E-state index is -1.24. The van der Waals surface area contributed by atoms with Gasteiger partial charge in [-0.1, -0.05) is 12.1 Å². The second-order valence-electron chi connectivity index (χ2n) is 4.91. The predicted molar refractivity (Wildman–Crippen MR) is 76.1 cm³/mol. The van der Waals surface area contributed by atoms with Crippen molar-refractivity contribution >= 4 is 11.6 Å². The second kappa shape index (κ2) is 6.86. The molecule has 2 rings (SSSR count). The molecule has 0 aromatic heterocycles. The van der Waals surface area contributed by atoms with Crippen LogP contribution in [-0.4, -0.2) is 65.8 Å². The number of benzene rings is 1. The van der Waals surface area contributed by atoms with Crippen molar-refractivity contribution in [3.8, 4) is 0 Å². The number of aliphatic hydroxyl groups is 3. The van der Waals surface area contributed by atoms with E-state index < -0.39 is 24.4 Å². The van der Waals surface area contributed by atoms with Crippen LogP contribution in [-0.2, 0) is 4.74 Å². The van der Waals surface area contributed by atoms with E-state index in [0.29, 0.717) is 11.3 Å². The fourth-order valence-electron chi connectivity index (χ4n) is 2.32. The minimum absolute atomic E-state index is 0.0247. The average molecular weight is 296 g/mol. The Balaban J connectivity index is 2.06. The normalized spacial score (nSPS) is 29.0. The predicted octanol–water partition coefficient (Wildman–Crippen LogP) is -1.06. The van der Waals surface area contributed by atoms with Gasteiger partial charge in [0.25, 0.3) is 5.91 Å². The molecule has 1 amide bonds. The summed E-state index contributed by atoms with van der Waals surface area (Å²) in [5.41, 5.74) is 1.10. The first-order valence-corrected chi connectivity index (χ1v) is 6.74. The van der Waals surface area contributed by atoms with E-state index in [9.17, 15) is 15.0 Å². The molecule has 0 aliphatic carbocycles. The summed E-state index contributed by atoms with van der Waals surface area (Å²) in [5.74, 6) is -0.373. The van der Waals surface area contributed by atoms with Crippen LogP contribution in [0.2, 0.25) is 0 Å². The summed E-state index contributed by atoms with van der Waals surface area (Å²) in [4.78, 5) is 12.2. The van der Waals surface area contributed by atoms with E-state index in [0.717, 1.165) is 0 Å². The molecular formula is C14H20N2O5. The van der Waals surface area contributed by atoms with Crippen LogP contribution in [0.15, 0.2) is 24.3 Å². The number of para-hydroxylation sites is 1. The van der Waals surface area contributed by atoms with Crippen LogP contribution in [0.1, 0.15) is 10.4 Å². The first-order valence-electron chi connectivity index (χ1n) is 6.74. The largest absolute Gasteiger partial charge is 0.394 e. The van der Waals surface area contributed by atoms with E-state index in [1.807, 2.05) is 0 Å². The smallest absolute Gasteiger partial charge is 0.253 e. The third kappa shape index (κ3) is 3.33. The van der Waals surface area contributed by atoms with Gasteiger partial charge in [-0.25, -0.2) is 0 Å². The van der Waals surface area contributed by atoms with Gasteiger partial charge in [0, 0.05) is 12.7 Å². The van der Waals surface area contributed by atoms with Gasteiger partial charge < -0.3 is 30.7 Å². The van der Waals surface area contributed by atoms with Crippen molar-refractivity contribution in [3.05, 3.63) is 29.8 Å². The van der Waals surface area contributed by atoms with Gasteiger partial charge in [-0.15, -0.1) is 0 Å². The Labute approximate surface area is 122 Å². The third-order valence-electron chi connectivity index (χ3n) is 3.57. The van der Waals surface area contributed by atoms with Crippen LogP contribution >= 0.6 is 0 Å². The highest BCUT2D eigenvalue weighted by Crippen LogP contribution is 2.18. The van der Waals surface area contributed by atoms with Crippen molar-refractivity contribution < 1.29 is 24.9 Å². The number of nitrogens with one attached hydrogen (secondary N) is 2. The van der Waals surface area contributed by atoms with E-state index in [2.05, 4.69) is 10.6 Å². The zero-order valence-electron chi connectivity index (χ0n) is 11.7. The molecule has 1 aromatic carbocycles. The first kappa shape index (κ1) is 15.7. The van der Waals surface area contributed by atoms with Gasteiger partial charge in [0.05, 0.1) is 24.8 Å². The van der Waals surface area contributed by atoms with Crippen LogP contribution in [0.3, 0.4) is 0 Å². The molecule has 0 unspecified atom stereocenters. The quantitative estimate of drug-likeness (QED) is 0.484. The maximum absolute atomic E-state index is 12.2. The van der Waals surface area contributed by atoms with Crippen molar-refractivity contribution in [3.63, 3.8) is 0 Å². The van der Waals surface area contributed by atoms with Gasteiger partial charge >= 0.3 is 0 Å². The molecule has 1 heterocycles. The number of aliphatic hydroxyl groups excluding tert-OH is 3. The Morgan fingerprint density at radius 1 is 1.33 bits per heavy atom. The lowest BCUT2D eigenvalue weighted by Crippen LogP contribution is -2.60. The second-order valence-corrected chi connectivity index (χ2v) is 4.91. The Morgan fingerprint density at radius 2 is 2.05 bits per heavy atom. The van der Waals surface area contributed by atoms with Gasteiger partial charge in [0.1, 0.15) is 18.3 Å². The number of carbonyl (C=O) groups excluding carboxylic acids is 1. The highest BCUT2D eigenvalue weighted by molar-refractivity contribution is 5.99. The van der Waals surface area contributed by atoms with E-state index in [-0.39, 0.29) is 19.1 Å². The zero-order valence-corrected chi connectivity index (χ0v) is 11.7. The van der Waals surface area contributed by atoms with Crippen LogP contribution in [0.5, 0.6) is 0 Å². The highest BCUT2D eigenvalue weighted by Gasteiger charge is 2.38. The fraction of sp³-hybridized carbons (Fsp3) is 0.500. The lowest BCUT2D eigenvalue weighted by Gasteiger charge is -2.37. The van der Waals surface area contributed by atoms with E-state index in [4.69, 9.17) is 9.84 Å². The lowest BCUT2D eigenvalue weighted by molar-refractivity contribution is -0.159. The molecule has 1 fully saturated rings. The molecule has 21 heavy (non-hydrogen) atoms. The number of hydrogen-bond acceptors (Lipinski definition) is 6.